The number of halogens is 1. The van der Waals surface area contributed by atoms with E-state index in [1.165, 1.54) is 0 Å². The molecule has 0 spiro atoms. The largest absolute Gasteiger partial charge is 0.491 e. The molecule has 1 heterocycles. The maximum atomic E-state index is 7.08. The number of hydrogen-bond donors (Lipinski definition) is 0. The highest BCUT2D eigenvalue weighted by atomic mass is 79.9. The molecule has 1 aromatic rings. The second-order valence-electron chi connectivity index (χ2n) is 4.76. The summed E-state index contributed by atoms with van der Waals surface area (Å²) in [5.74, 6) is 0.734. The van der Waals surface area contributed by atoms with Crippen LogP contribution in [0.5, 0.6) is 5.75 Å². The lowest BCUT2D eigenvalue weighted by atomic mass is 10.1. The van der Waals surface area contributed by atoms with Gasteiger partial charge in [-0.15, -0.1) is 0 Å². The standard InChI is InChI=1S/C14H19BrO4/c1-14(9-16-2)10-17-7-13(19-14)8-18-12-5-3-11(15)4-6-12/h3-6,13H,7-10H2,1-2H3/t13-,14-/m0/s1/i2D3. The van der Waals surface area contributed by atoms with Crippen molar-refractivity contribution >= 4 is 15.9 Å². The molecule has 0 radical (unpaired) electrons. The average molecular weight is 334 g/mol. The molecule has 0 saturated carbocycles. The third-order valence-corrected chi connectivity index (χ3v) is 3.32. The van der Waals surface area contributed by atoms with Crippen molar-refractivity contribution in [3.05, 3.63) is 28.7 Å². The van der Waals surface area contributed by atoms with Crippen molar-refractivity contribution in [2.24, 2.45) is 0 Å². The van der Waals surface area contributed by atoms with Gasteiger partial charge in [-0.3, -0.25) is 0 Å². The zero-order valence-electron chi connectivity index (χ0n) is 13.7. The Kier molecular flexibility index (Phi) is 3.91. The lowest BCUT2D eigenvalue weighted by Crippen LogP contribution is -2.50. The molecule has 0 aliphatic carbocycles. The molecule has 0 aromatic heterocycles. The monoisotopic (exact) mass is 333 g/mol. The Bertz CT molecular complexity index is 480. The molecule has 1 aliphatic heterocycles. The normalized spacial score (nSPS) is 30.2. The van der Waals surface area contributed by atoms with Gasteiger partial charge in [-0.1, -0.05) is 15.9 Å². The minimum absolute atomic E-state index is 0.0573. The maximum absolute atomic E-state index is 7.08. The van der Waals surface area contributed by atoms with Gasteiger partial charge in [-0.05, 0) is 31.2 Å². The second kappa shape index (κ2) is 6.70. The van der Waals surface area contributed by atoms with E-state index in [1.807, 2.05) is 24.3 Å². The van der Waals surface area contributed by atoms with Crippen LogP contribution in [-0.2, 0) is 14.2 Å². The first-order valence-corrected chi connectivity index (χ1v) is 6.83. The van der Waals surface area contributed by atoms with E-state index >= 15 is 0 Å². The van der Waals surface area contributed by atoms with Crippen molar-refractivity contribution < 1.29 is 23.1 Å². The molecule has 0 amide bonds. The summed E-state index contributed by atoms with van der Waals surface area (Å²) in [4.78, 5) is 0. The third-order valence-electron chi connectivity index (χ3n) is 2.79. The van der Waals surface area contributed by atoms with E-state index in [2.05, 4.69) is 15.9 Å². The van der Waals surface area contributed by atoms with Crippen LogP contribution in [-0.4, -0.2) is 45.2 Å². The summed E-state index contributed by atoms with van der Waals surface area (Å²) < 4.78 is 44.1. The molecule has 2 rings (SSSR count). The highest BCUT2D eigenvalue weighted by Gasteiger charge is 2.34. The van der Waals surface area contributed by atoms with Gasteiger partial charge < -0.3 is 18.9 Å². The summed E-state index contributed by atoms with van der Waals surface area (Å²) in [6.45, 7) is 2.73. The van der Waals surface area contributed by atoms with Crippen molar-refractivity contribution in [1.29, 1.82) is 0 Å². The van der Waals surface area contributed by atoms with Gasteiger partial charge in [0.15, 0.2) is 0 Å². The molecular weight excluding hydrogens is 312 g/mol. The van der Waals surface area contributed by atoms with Crippen LogP contribution in [0.4, 0.5) is 0 Å². The van der Waals surface area contributed by atoms with Gasteiger partial charge in [0.05, 0.1) is 23.9 Å². The fraction of sp³-hybridized carbons (Fsp3) is 0.571. The fourth-order valence-electron chi connectivity index (χ4n) is 1.91. The number of ether oxygens (including phenoxy) is 4. The molecule has 1 fully saturated rings. The number of benzene rings is 1. The summed E-state index contributed by atoms with van der Waals surface area (Å²) in [6.07, 6.45) is -0.275. The summed E-state index contributed by atoms with van der Waals surface area (Å²) >= 11 is 3.36. The van der Waals surface area contributed by atoms with E-state index in [4.69, 9.17) is 23.1 Å². The molecule has 0 unspecified atom stereocenters. The van der Waals surface area contributed by atoms with Crippen LogP contribution in [0.15, 0.2) is 28.7 Å². The van der Waals surface area contributed by atoms with Crippen LogP contribution < -0.4 is 4.74 Å². The second-order valence-corrected chi connectivity index (χ2v) is 5.67. The molecule has 0 N–H and O–H groups in total. The molecule has 0 bridgehead atoms. The molecule has 5 heteroatoms. The van der Waals surface area contributed by atoms with Crippen molar-refractivity contribution in [2.45, 2.75) is 18.6 Å². The molecule has 1 saturated heterocycles. The smallest absolute Gasteiger partial charge is 0.119 e. The summed E-state index contributed by atoms with van der Waals surface area (Å²) in [5.41, 5.74) is -0.791. The fourth-order valence-corrected chi connectivity index (χ4v) is 2.17. The lowest BCUT2D eigenvalue weighted by molar-refractivity contribution is -0.213. The van der Waals surface area contributed by atoms with E-state index in [9.17, 15) is 0 Å². The predicted octanol–water partition coefficient (Wildman–Crippen LogP) is 2.65. The van der Waals surface area contributed by atoms with Crippen molar-refractivity contribution in [3.63, 3.8) is 0 Å². The van der Waals surface area contributed by atoms with Gasteiger partial charge in [-0.2, -0.15) is 0 Å². The van der Waals surface area contributed by atoms with Crippen LogP contribution in [0.2, 0.25) is 0 Å². The SMILES string of the molecule is [2H]C([2H])([2H])OC[C@@]1(C)COC[C@@H](COc2ccc(Br)cc2)O1. The first-order chi connectivity index (χ1) is 10.3. The van der Waals surface area contributed by atoms with Crippen LogP contribution in [0, 0.1) is 0 Å². The highest BCUT2D eigenvalue weighted by Crippen LogP contribution is 2.21. The highest BCUT2D eigenvalue weighted by molar-refractivity contribution is 9.10. The molecule has 2 atom stereocenters. The molecule has 19 heavy (non-hydrogen) atoms. The molecule has 1 aromatic carbocycles. The van der Waals surface area contributed by atoms with Crippen molar-refractivity contribution in [2.75, 3.05) is 33.5 Å². The molecular formula is C14H19BrO4. The Morgan fingerprint density at radius 2 is 2.26 bits per heavy atom. The van der Waals surface area contributed by atoms with E-state index in [0.29, 0.717) is 13.2 Å². The lowest BCUT2D eigenvalue weighted by Gasteiger charge is -2.37. The Morgan fingerprint density at radius 3 is 3.00 bits per heavy atom. The van der Waals surface area contributed by atoms with Gasteiger partial charge in [0.2, 0.25) is 0 Å². The van der Waals surface area contributed by atoms with E-state index in [1.54, 1.807) is 6.92 Å². The molecule has 4 nitrogen and oxygen atoms in total. The number of rotatable bonds is 5. The van der Waals surface area contributed by atoms with Crippen LogP contribution >= 0.6 is 15.9 Å². The van der Waals surface area contributed by atoms with E-state index in [0.717, 1.165) is 10.2 Å². The first kappa shape index (κ1) is 11.1. The first-order valence-electron chi connectivity index (χ1n) is 7.54. The average Bonchev–Trinajstić information content (AvgIpc) is 2.44. The minimum Gasteiger partial charge on any atom is -0.491 e. The summed E-state index contributed by atoms with van der Waals surface area (Å²) in [5, 5.41) is 0. The zero-order valence-corrected chi connectivity index (χ0v) is 12.3. The van der Waals surface area contributed by atoms with E-state index < -0.39 is 12.6 Å². The van der Waals surface area contributed by atoms with Crippen LogP contribution in [0.25, 0.3) is 0 Å². The predicted molar refractivity (Wildman–Crippen MR) is 75.6 cm³/mol. The molecule has 1 aliphatic rings. The summed E-state index contributed by atoms with van der Waals surface area (Å²) in [6, 6.07) is 7.49. The zero-order chi connectivity index (χ0) is 16.2. The third kappa shape index (κ3) is 4.45. The topological polar surface area (TPSA) is 36.9 Å². The van der Waals surface area contributed by atoms with Gasteiger partial charge in [0.1, 0.15) is 24.1 Å². The van der Waals surface area contributed by atoms with Gasteiger partial charge in [0, 0.05) is 11.5 Å². The van der Waals surface area contributed by atoms with Crippen molar-refractivity contribution in [3.8, 4) is 5.75 Å². The Morgan fingerprint density at radius 1 is 1.47 bits per heavy atom. The Hall–Kier alpha value is -0.620. The van der Waals surface area contributed by atoms with Crippen molar-refractivity contribution in [1.82, 2.24) is 0 Å². The summed E-state index contributed by atoms with van der Waals surface area (Å²) in [7, 11) is -2.44. The van der Waals surface area contributed by atoms with E-state index in [-0.39, 0.29) is 19.3 Å². The van der Waals surface area contributed by atoms with Gasteiger partial charge in [0.25, 0.3) is 0 Å². The quantitative estimate of drug-likeness (QED) is 0.830. The van der Waals surface area contributed by atoms with Crippen LogP contribution in [0.1, 0.15) is 11.0 Å². The minimum atomic E-state index is -2.44. The Labute approximate surface area is 126 Å². The Balaban J connectivity index is 1.83. The van der Waals surface area contributed by atoms with Gasteiger partial charge >= 0.3 is 0 Å². The van der Waals surface area contributed by atoms with Gasteiger partial charge in [-0.25, -0.2) is 0 Å². The maximum Gasteiger partial charge on any atom is 0.119 e. The van der Waals surface area contributed by atoms with Crippen LogP contribution in [0.3, 0.4) is 0 Å². The number of hydrogen-bond acceptors (Lipinski definition) is 4. The molecule has 106 valence electrons. The number of methoxy groups -OCH3 is 1.